The smallest absolute Gasteiger partial charge is 0.124 e. The molecule has 0 fully saturated rings. The predicted octanol–water partition coefficient (Wildman–Crippen LogP) is 3.16. The van der Waals surface area contributed by atoms with Gasteiger partial charge in [0.2, 0.25) is 0 Å². The van der Waals surface area contributed by atoms with Gasteiger partial charge >= 0.3 is 0 Å². The summed E-state index contributed by atoms with van der Waals surface area (Å²) in [5, 5.41) is 3.33. The highest BCUT2D eigenvalue weighted by Gasteiger charge is 2.03. The number of pyridine rings is 1. The Kier molecular flexibility index (Phi) is 6.66. The zero-order valence-electron chi connectivity index (χ0n) is 12.0. The summed E-state index contributed by atoms with van der Waals surface area (Å²) in [5.74, 6) is 0.891. The van der Waals surface area contributed by atoms with Gasteiger partial charge in [0.15, 0.2) is 0 Å². The van der Waals surface area contributed by atoms with E-state index in [-0.39, 0.29) is 0 Å². The molecular formula is C16H19BrN2O2. The van der Waals surface area contributed by atoms with Crippen LogP contribution in [0.25, 0.3) is 0 Å². The van der Waals surface area contributed by atoms with Crippen LogP contribution in [0.15, 0.2) is 47.2 Å². The third kappa shape index (κ3) is 5.46. The van der Waals surface area contributed by atoms with Crippen molar-refractivity contribution in [1.29, 1.82) is 0 Å². The number of hydrogen-bond donors (Lipinski definition) is 1. The Labute approximate surface area is 133 Å². The van der Waals surface area contributed by atoms with Gasteiger partial charge < -0.3 is 14.8 Å². The van der Waals surface area contributed by atoms with Crippen LogP contribution in [0.3, 0.4) is 0 Å². The third-order valence-electron chi connectivity index (χ3n) is 2.93. The minimum Gasteiger partial charge on any atom is -0.489 e. The van der Waals surface area contributed by atoms with E-state index in [2.05, 4.69) is 32.3 Å². The second-order valence-electron chi connectivity index (χ2n) is 4.58. The summed E-state index contributed by atoms with van der Waals surface area (Å²) in [6.45, 7) is 2.78. The highest BCUT2D eigenvalue weighted by Crippen LogP contribution is 2.19. The quantitative estimate of drug-likeness (QED) is 0.742. The SMILES string of the molecule is COCCNCc1ccccc1OCc1cncc(Br)c1. The van der Waals surface area contributed by atoms with Gasteiger partial charge in [-0.25, -0.2) is 0 Å². The molecule has 0 amide bonds. The lowest BCUT2D eigenvalue weighted by Crippen LogP contribution is -2.19. The molecule has 0 aliphatic carbocycles. The Bertz CT molecular complexity index is 563. The average Bonchev–Trinajstić information content (AvgIpc) is 2.50. The molecule has 2 aromatic rings. The first kappa shape index (κ1) is 15.9. The summed E-state index contributed by atoms with van der Waals surface area (Å²) in [6, 6.07) is 10.0. The Morgan fingerprint density at radius 1 is 1.24 bits per heavy atom. The fourth-order valence-electron chi connectivity index (χ4n) is 1.88. The van der Waals surface area contributed by atoms with E-state index in [1.165, 1.54) is 0 Å². The van der Waals surface area contributed by atoms with Crippen molar-refractivity contribution in [3.05, 3.63) is 58.3 Å². The lowest BCUT2D eigenvalue weighted by Gasteiger charge is -2.12. The van der Waals surface area contributed by atoms with Crippen LogP contribution in [0.2, 0.25) is 0 Å². The predicted molar refractivity (Wildman–Crippen MR) is 86.3 cm³/mol. The van der Waals surface area contributed by atoms with Crippen LogP contribution in [0, 0.1) is 0 Å². The van der Waals surface area contributed by atoms with Crippen LogP contribution in [0.1, 0.15) is 11.1 Å². The maximum absolute atomic E-state index is 5.90. The topological polar surface area (TPSA) is 43.4 Å². The van der Waals surface area contributed by atoms with Gasteiger partial charge in [-0.2, -0.15) is 0 Å². The number of para-hydroxylation sites is 1. The molecule has 21 heavy (non-hydrogen) atoms. The molecular weight excluding hydrogens is 332 g/mol. The van der Waals surface area contributed by atoms with Crippen LogP contribution < -0.4 is 10.1 Å². The van der Waals surface area contributed by atoms with Crippen molar-refractivity contribution in [3.63, 3.8) is 0 Å². The van der Waals surface area contributed by atoms with Crippen molar-refractivity contribution in [2.45, 2.75) is 13.2 Å². The van der Waals surface area contributed by atoms with Gasteiger partial charge in [0.1, 0.15) is 12.4 Å². The Balaban J connectivity index is 1.93. The monoisotopic (exact) mass is 350 g/mol. The molecule has 0 saturated heterocycles. The number of nitrogens with zero attached hydrogens (tertiary/aromatic N) is 1. The van der Waals surface area contributed by atoms with Crippen LogP contribution in [-0.2, 0) is 17.9 Å². The lowest BCUT2D eigenvalue weighted by molar-refractivity contribution is 0.199. The number of methoxy groups -OCH3 is 1. The number of hydrogen-bond acceptors (Lipinski definition) is 4. The van der Waals surface area contributed by atoms with E-state index in [4.69, 9.17) is 9.47 Å². The van der Waals surface area contributed by atoms with Gasteiger partial charge in [0.25, 0.3) is 0 Å². The maximum Gasteiger partial charge on any atom is 0.124 e. The molecule has 0 spiro atoms. The van der Waals surface area contributed by atoms with Gasteiger partial charge in [-0.1, -0.05) is 18.2 Å². The first-order chi connectivity index (χ1) is 10.3. The van der Waals surface area contributed by atoms with E-state index < -0.39 is 0 Å². The van der Waals surface area contributed by atoms with E-state index in [1.54, 1.807) is 13.3 Å². The first-order valence-corrected chi connectivity index (χ1v) is 7.58. The van der Waals surface area contributed by atoms with Crippen molar-refractivity contribution in [1.82, 2.24) is 10.3 Å². The minimum absolute atomic E-state index is 0.502. The zero-order valence-corrected chi connectivity index (χ0v) is 13.6. The Morgan fingerprint density at radius 2 is 2.10 bits per heavy atom. The van der Waals surface area contributed by atoms with E-state index >= 15 is 0 Å². The second kappa shape index (κ2) is 8.77. The molecule has 1 aromatic heterocycles. The lowest BCUT2D eigenvalue weighted by atomic mass is 10.2. The molecule has 0 bridgehead atoms. The van der Waals surface area contributed by atoms with Gasteiger partial charge in [-0.3, -0.25) is 4.98 Å². The largest absolute Gasteiger partial charge is 0.489 e. The first-order valence-electron chi connectivity index (χ1n) is 6.79. The fraction of sp³-hybridized carbons (Fsp3) is 0.312. The Morgan fingerprint density at radius 3 is 2.90 bits per heavy atom. The maximum atomic E-state index is 5.90. The molecule has 1 N–H and O–H groups in total. The molecule has 4 nitrogen and oxygen atoms in total. The van der Waals surface area contributed by atoms with Crippen molar-refractivity contribution in [2.75, 3.05) is 20.3 Å². The van der Waals surface area contributed by atoms with Gasteiger partial charge in [0.05, 0.1) is 6.61 Å². The summed E-state index contributed by atoms with van der Waals surface area (Å²) in [5.41, 5.74) is 2.17. The molecule has 0 unspecified atom stereocenters. The second-order valence-corrected chi connectivity index (χ2v) is 5.49. The molecule has 2 rings (SSSR count). The summed E-state index contributed by atoms with van der Waals surface area (Å²) in [6.07, 6.45) is 3.57. The highest BCUT2D eigenvalue weighted by atomic mass is 79.9. The van der Waals surface area contributed by atoms with E-state index in [1.807, 2.05) is 30.5 Å². The van der Waals surface area contributed by atoms with E-state index in [0.717, 1.165) is 34.4 Å². The van der Waals surface area contributed by atoms with E-state index in [0.29, 0.717) is 13.2 Å². The summed E-state index contributed by atoms with van der Waals surface area (Å²) in [7, 11) is 1.70. The summed E-state index contributed by atoms with van der Waals surface area (Å²) < 4.78 is 11.9. The number of nitrogens with one attached hydrogen (secondary N) is 1. The summed E-state index contributed by atoms with van der Waals surface area (Å²) >= 11 is 3.41. The van der Waals surface area contributed by atoms with Crippen LogP contribution in [-0.4, -0.2) is 25.2 Å². The van der Waals surface area contributed by atoms with E-state index in [9.17, 15) is 0 Å². The Hall–Kier alpha value is -1.43. The standard InChI is InChI=1S/C16H19BrN2O2/c1-20-7-6-18-10-14-4-2-3-5-16(14)21-12-13-8-15(17)11-19-9-13/h2-5,8-9,11,18H,6-7,10,12H2,1H3. The number of aromatic nitrogens is 1. The van der Waals surface area contributed by atoms with Crippen LogP contribution in [0.5, 0.6) is 5.75 Å². The van der Waals surface area contributed by atoms with Crippen molar-refractivity contribution < 1.29 is 9.47 Å². The number of benzene rings is 1. The molecule has 112 valence electrons. The van der Waals surface area contributed by atoms with Gasteiger partial charge in [-0.15, -0.1) is 0 Å². The van der Waals surface area contributed by atoms with Crippen LogP contribution >= 0.6 is 15.9 Å². The molecule has 0 radical (unpaired) electrons. The zero-order chi connectivity index (χ0) is 14.9. The molecule has 0 aliphatic rings. The molecule has 5 heteroatoms. The molecule has 0 aliphatic heterocycles. The van der Waals surface area contributed by atoms with Crippen LogP contribution in [0.4, 0.5) is 0 Å². The number of ether oxygens (including phenoxy) is 2. The third-order valence-corrected chi connectivity index (χ3v) is 3.36. The normalized spacial score (nSPS) is 10.6. The molecule has 1 aromatic carbocycles. The molecule has 1 heterocycles. The fourth-order valence-corrected chi connectivity index (χ4v) is 2.30. The van der Waals surface area contributed by atoms with Crippen molar-refractivity contribution >= 4 is 15.9 Å². The summed E-state index contributed by atoms with van der Waals surface area (Å²) in [4.78, 5) is 4.14. The number of rotatable bonds is 8. The van der Waals surface area contributed by atoms with Gasteiger partial charge in [0, 0.05) is 48.2 Å². The number of halogens is 1. The minimum atomic E-state index is 0.502. The van der Waals surface area contributed by atoms with Crippen molar-refractivity contribution in [3.8, 4) is 5.75 Å². The molecule has 0 saturated carbocycles. The van der Waals surface area contributed by atoms with Gasteiger partial charge in [-0.05, 0) is 28.1 Å². The average molecular weight is 351 g/mol. The van der Waals surface area contributed by atoms with Crippen molar-refractivity contribution in [2.24, 2.45) is 0 Å². The molecule has 0 atom stereocenters. The highest BCUT2D eigenvalue weighted by molar-refractivity contribution is 9.10.